The third-order valence-electron chi connectivity index (χ3n) is 4.50. The zero-order chi connectivity index (χ0) is 17.6. The molecule has 0 aliphatic carbocycles. The molecule has 1 heterocycles. The Morgan fingerprint density at radius 1 is 1.20 bits per heavy atom. The Hall–Kier alpha value is -2.53. The number of hydrogen-bond acceptors (Lipinski definition) is 3. The summed E-state index contributed by atoms with van der Waals surface area (Å²) in [6.45, 7) is 1.84. The lowest BCUT2D eigenvalue weighted by atomic mass is 10.1. The van der Waals surface area contributed by atoms with Gasteiger partial charge in [0.25, 0.3) is 0 Å². The molecule has 1 atom stereocenters. The molecular weight excluding hydrogens is 314 g/mol. The Kier molecular flexibility index (Phi) is 5.56. The average Bonchev–Trinajstić information content (AvgIpc) is 2.63. The lowest BCUT2D eigenvalue weighted by molar-refractivity contribution is 0.0883. The van der Waals surface area contributed by atoms with E-state index in [0.717, 1.165) is 30.8 Å². The number of aliphatic hydroxyl groups excluding tert-OH is 1. The van der Waals surface area contributed by atoms with E-state index < -0.39 is 6.10 Å². The van der Waals surface area contributed by atoms with Crippen molar-refractivity contribution >= 4 is 17.4 Å². The molecular formula is C20H25N3O2. The van der Waals surface area contributed by atoms with Gasteiger partial charge in [0.1, 0.15) is 0 Å². The van der Waals surface area contributed by atoms with E-state index in [1.54, 1.807) is 4.90 Å². The summed E-state index contributed by atoms with van der Waals surface area (Å²) in [6.07, 6.45) is 1.18. The van der Waals surface area contributed by atoms with Crippen LogP contribution in [-0.2, 0) is 6.54 Å². The minimum absolute atomic E-state index is 0.153. The van der Waals surface area contributed by atoms with Gasteiger partial charge in [-0.1, -0.05) is 42.5 Å². The normalized spacial score (nSPS) is 17.2. The van der Waals surface area contributed by atoms with Crippen molar-refractivity contribution in [1.82, 2.24) is 4.90 Å². The minimum atomic E-state index is -0.421. The van der Waals surface area contributed by atoms with Crippen LogP contribution in [0.5, 0.6) is 0 Å². The van der Waals surface area contributed by atoms with E-state index in [0.29, 0.717) is 13.1 Å². The van der Waals surface area contributed by atoms with Crippen LogP contribution < -0.4 is 10.2 Å². The van der Waals surface area contributed by atoms with Crippen molar-refractivity contribution in [2.24, 2.45) is 0 Å². The van der Waals surface area contributed by atoms with Gasteiger partial charge in [0.05, 0.1) is 17.5 Å². The van der Waals surface area contributed by atoms with Gasteiger partial charge in [-0.3, -0.25) is 0 Å². The Bertz CT molecular complexity index is 705. The van der Waals surface area contributed by atoms with E-state index in [1.165, 1.54) is 5.56 Å². The molecule has 1 aliphatic heterocycles. The third-order valence-corrected chi connectivity index (χ3v) is 4.50. The van der Waals surface area contributed by atoms with Gasteiger partial charge >= 0.3 is 6.03 Å². The summed E-state index contributed by atoms with van der Waals surface area (Å²) in [5.74, 6) is 0. The number of nitrogens with one attached hydrogen (secondary N) is 1. The number of β-amino-alcohol motifs (C(OH)–C–C–N with tert-alkyl or cyclic N) is 1. The predicted octanol–water partition coefficient (Wildman–Crippen LogP) is 3.31. The number of para-hydroxylation sites is 2. The Morgan fingerprint density at radius 2 is 1.92 bits per heavy atom. The number of piperidine rings is 1. The highest BCUT2D eigenvalue weighted by atomic mass is 16.3. The predicted molar refractivity (Wildman–Crippen MR) is 101 cm³/mol. The van der Waals surface area contributed by atoms with Gasteiger partial charge < -0.3 is 20.2 Å². The molecule has 0 aromatic heterocycles. The summed E-state index contributed by atoms with van der Waals surface area (Å²) in [7, 11) is 2.02. The smallest absolute Gasteiger partial charge is 0.321 e. The first-order chi connectivity index (χ1) is 12.1. The van der Waals surface area contributed by atoms with E-state index in [-0.39, 0.29) is 6.03 Å². The van der Waals surface area contributed by atoms with Crippen LogP contribution in [0.2, 0.25) is 0 Å². The van der Waals surface area contributed by atoms with E-state index in [4.69, 9.17) is 0 Å². The van der Waals surface area contributed by atoms with Gasteiger partial charge in [0, 0.05) is 26.7 Å². The molecule has 5 nitrogen and oxygen atoms in total. The number of urea groups is 1. The van der Waals surface area contributed by atoms with Crippen LogP contribution in [0.1, 0.15) is 18.4 Å². The van der Waals surface area contributed by atoms with Crippen LogP contribution in [0, 0.1) is 0 Å². The first kappa shape index (κ1) is 17.3. The molecule has 2 aromatic carbocycles. The monoisotopic (exact) mass is 339 g/mol. The molecule has 0 unspecified atom stereocenters. The van der Waals surface area contributed by atoms with Gasteiger partial charge in [0.2, 0.25) is 0 Å². The first-order valence-corrected chi connectivity index (χ1v) is 8.71. The summed E-state index contributed by atoms with van der Waals surface area (Å²) in [5, 5.41) is 12.8. The molecule has 1 fully saturated rings. The third kappa shape index (κ3) is 4.51. The average molecular weight is 339 g/mol. The molecule has 0 saturated carbocycles. The van der Waals surface area contributed by atoms with Crippen molar-refractivity contribution in [3.63, 3.8) is 0 Å². The van der Waals surface area contributed by atoms with Gasteiger partial charge in [-0.2, -0.15) is 0 Å². The second-order valence-electron chi connectivity index (χ2n) is 6.53. The largest absolute Gasteiger partial charge is 0.391 e. The SMILES string of the molecule is CN(Cc1ccccc1)c1ccccc1NC(=O)N1CCC[C@@H](O)C1. The second-order valence-corrected chi connectivity index (χ2v) is 6.53. The van der Waals surface area contributed by atoms with Crippen molar-refractivity contribution < 1.29 is 9.90 Å². The maximum absolute atomic E-state index is 12.5. The molecule has 0 radical (unpaired) electrons. The highest BCUT2D eigenvalue weighted by Crippen LogP contribution is 2.26. The molecule has 132 valence electrons. The summed E-state index contributed by atoms with van der Waals surface area (Å²) < 4.78 is 0. The van der Waals surface area contributed by atoms with Gasteiger partial charge in [0.15, 0.2) is 0 Å². The van der Waals surface area contributed by atoms with E-state index in [9.17, 15) is 9.90 Å². The number of carbonyl (C=O) groups excluding carboxylic acids is 1. The highest BCUT2D eigenvalue weighted by molar-refractivity contribution is 5.93. The van der Waals surface area contributed by atoms with E-state index >= 15 is 0 Å². The van der Waals surface area contributed by atoms with Crippen LogP contribution >= 0.6 is 0 Å². The number of rotatable bonds is 4. The second kappa shape index (κ2) is 8.03. The minimum Gasteiger partial charge on any atom is -0.391 e. The Balaban J connectivity index is 1.71. The quantitative estimate of drug-likeness (QED) is 0.898. The zero-order valence-electron chi connectivity index (χ0n) is 14.6. The number of likely N-dealkylation sites (tertiary alicyclic amines) is 1. The topological polar surface area (TPSA) is 55.8 Å². The Labute approximate surface area is 148 Å². The van der Waals surface area contributed by atoms with Gasteiger partial charge in [-0.05, 0) is 30.5 Å². The van der Waals surface area contributed by atoms with E-state index in [2.05, 4.69) is 22.3 Å². The number of hydrogen-bond donors (Lipinski definition) is 2. The van der Waals surface area contributed by atoms with Crippen LogP contribution in [0.4, 0.5) is 16.2 Å². The lowest BCUT2D eigenvalue weighted by Crippen LogP contribution is -2.44. The van der Waals surface area contributed by atoms with Crippen molar-refractivity contribution in [1.29, 1.82) is 0 Å². The molecule has 1 saturated heterocycles. The summed E-state index contributed by atoms with van der Waals surface area (Å²) in [4.78, 5) is 16.3. The first-order valence-electron chi connectivity index (χ1n) is 8.71. The maximum Gasteiger partial charge on any atom is 0.321 e. The number of amides is 2. The zero-order valence-corrected chi connectivity index (χ0v) is 14.6. The van der Waals surface area contributed by atoms with Crippen molar-refractivity contribution in [2.75, 3.05) is 30.4 Å². The molecule has 3 rings (SSSR count). The molecule has 2 N–H and O–H groups in total. The molecule has 5 heteroatoms. The number of aliphatic hydroxyl groups is 1. The van der Waals surface area contributed by atoms with Crippen molar-refractivity contribution in [3.05, 3.63) is 60.2 Å². The fourth-order valence-corrected chi connectivity index (χ4v) is 3.19. The number of anilines is 2. The Morgan fingerprint density at radius 3 is 2.68 bits per heavy atom. The summed E-state index contributed by atoms with van der Waals surface area (Å²) in [6, 6.07) is 17.9. The molecule has 2 amide bonds. The molecule has 25 heavy (non-hydrogen) atoms. The molecule has 2 aromatic rings. The van der Waals surface area contributed by atoms with E-state index in [1.807, 2.05) is 49.5 Å². The number of carbonyl (C=O) groups is 1. The van der Waals surface area contributed by atoms with Crippen LogP contribution in [0.15, 0.2) is 54.6 Å². The van der Waals surface area contributed by atoms with Gasteiger partial charge in [-0.15, -0.1) is 0 Å². The molecule has 1 aliphatic rings. The fourth-order valence-electron chi connectivity index (χ4n) is 3.19. The van der Waals surface area contributed by atoms with Crippen LogP contribution in [0.25, 0.3) is 0 Å². The lowest BCUT2D eigenvalue weighted by Gasteiger charge is -2.31. The summed E-state index contributed by atoms with van der Waals surface area (Å²) >= 11 is 0. The van der Waals surface area contributed by atoms with Crippen LogP contribution in [-0.4, -0.2) is 42.3 Å². The number of benzene rings is 2. The van der Waals surface area contributed by atoms with Crippen molar-refractivity contribution in [3.8, 4) is 0 Å². The molecule has 0 bridgehead atoms. The molecule has 0 spiro atoms. The standard InChI is InChI=1S/C20H25N3O2/c1-22(14-16-8-3-2-4-9-16)19-12-6-5-11-18(19)21-20(25)23-13-7-10-17(24)15-23/h2-6,8-9,11-12,17,24H,7,10,13-15H2,1H3,(H,21,25)/t17-/m1/s1. The van der Waals surface area contributed by atoms with Crippen molar-refractivity contribution in [2.45, 2.75) is 25.5 Å². The number of nitrogens with zero attached hydrogens (tertiary/aromatic N) is 2. The van der Waals surface area contributed by atoms with Crippen LogP contribution in [0.3, 0.4) is 0 Å². The summed E-state index contributed by atoms with van der Waals surface area (Å²) in [5.41, 5.74) is 2.97. The highest BCUT2D eigenvalue weighted by Gasteiger charge is 2.22. The van der Waals surface area contributed by atoms with Gasteiger partial charge in [-0.25, -0.2) is 4.79 Å². The maximum atomic E-state index is 12.5. The fraction of sp³-hybridized carbons (Fsp3) is 0.350.